The van der Waals surface area contributed by atoms with Crippen LogP contribution in [0.2, 0.25) is 0 Å². The monoisotopic (exact) mass is 439 g/mol. The van der Waals surface area contributed by atoms with E-state index in [-0.39, 0.29) is 0 Å². The molecule has 0 bridgehead atoms. The normalized spacial score (nSPS) is 47.2. The zero-order valence-corrected chi connectivity index (χ0v) is 16.1. The van der Waals surface area contributed by atoms with E-state index in [1.54, 1.807) is 0 Å². The molecule has 11 atom stereocenters. The maximum Gasteiger partial charge on any atom is 0.323 e. The fourth-order valence-corrected chi connectivity index (χ4v) is 3.71. The largest absolute Gasteiger partial charge is 0.462 e. The molecule has 3 aliphatic heterocycles. The van der Waals surface area contributed by atoms with E-state index in [9.17, 15) is 40.5 Å². The lowest BCUT2D eigenvalue weighted by Crippen LogP contribution is -2.64. The van der Waals surface area contributed by atoms with Gasteiger partial charge in [-0.05, 0) is 19.4 Å². The van der Waals surface area contributed by atoms with Gasteiger partial charge in [0.2, 0.25) is 0 Å². The molecule has 0 aromatic heterocycles. The highest BCUT2D eigenvalue weighted by atomic mass is 16.7. The number of hydrogen-bond donors (Lipinski definition) is 8. The van der Waals surface area contributed by atoms with Crippen molar-refractivity contribution < 1.29 is 59.5 Å². The van der Waals surface area contributed by atoms with Crippen molar-refractivity contribution in [2.24, 2.45) is 0 Å². The molecule has 13 heteroatoms. The summed E-state index contributed by atoms with van der Waals surface area (Å²) in [5.74, 6) is -0.546. The number of nitrogens with one attached hydrogen (secondary N) is 1. The number of hydrogen-bond acceptors (Lipinski definition) is 13. The van der Waals surface area contributed by atoms with Crippen LogP contribution in [0, 0.1) is 0 Å². The van der Waals surface area contributed by atoms with Crippen molar-refractivity contribution in [1.29, 1.82) is 0 Å². The molecule has 174 valence electrons. The molecule has 8 N–H and O–H groups in total. The Morgan fingerprint density at radius 1 is 0.933 bits per heavy atom. The third kappa shape index (κ3) is 4.92. The average Bonchev–Trinajstić information content (AvgIpc) is 3.27. The fraction of sp³-hybridized carbons (Fsp3) is 0.941. The second kappa shape index (κ2) is 10.1. The predicted octanol–water partition coefficient (Wildman–Crippen LogP) is -5.09. The van der Waals surface area contributed by atoms with E-state index in [2.05, 4.69) is 5.32 Å². The number of aliphatic hydroxyl groups is 7. The summed E-state index contributed by atoms with van der Waals surface area (Å²) in [5.41, 5.74) is 0. The Morgan fingerprint density at radius 3 is 2.30 bits per heavy atom. The van der Waals surface area contributed by atoms with Crippen LogP contribution in [0.4, 0.5) is 0 Å². The second-order valence-corrected chi connectivity index (χ2v) is 7.62. The molecule has 0 aliphatic carbocycles. The van der Waals surface area contributed by atoms with Crippen LogP contribution in [0.1, 0.15) is 12.8 Å². The highest BCUT2D eigenvalue weighted by molar-refractivity contribution is 5.76. The third-order valence-corrected chi connectivity index (χ3v) is 5.53. The van der Waals surface area contributed by atoms with Gasteiger partial charge in [-0.1, -0.05) is 0 Å². The summed E-state index contributed by atoms with van der Waals surface area (Å²) in [6.07, 6.45) is -14.5. The van der Waals surface area contributed by atoms with Gasteiger partial charge >= 0.3 is 5.97 Å². The van der Waals surface area contributed by atoms with E-state index in [0.29, 0.717) is 13.0 Å². The van der Waals surface area contributed by atoms with Crippen LogP contribution in [0.5, 0.6) is 0 Å². The number of carbonyl (C=O) groups is 1. The summed E-state index contributed by atoms with van der Waals surface area (Å²) in [5, 5.41) is 72.3. The van der Waals surface area contributed by atoms with Crippen molar-refractivity contribution in [3.8, 4) is 0 Å². The lowest BCUT2D eigenvalue weighted by molar-refractivity contribution is -0.355. The van der Waals surface area contributed by atoms with Crippen LogP contribution in [-0.2, 0) is 23.7 Å². The molecule has 3 rings (SSSR count). The van der Waals surface area contributed by atoms with Gasteiger partial charge in [-0.15, -0.1) is 0 Å². The number of rotatable bonds is 6. The minimum absolute atomic E-state index is 0.434. The summed E-state index contributed by atoms with van der Waals surface area (Å²) in [6, 6.07) is -0.471. The molecule has 0 radical (unpaired) electrons. The quantitative estimate of drug-likeness (QED) is 0.182. The molecule has 0 saturated carbocycles. The van der Waals surface area contributed by atoms with Gasteiger partial charge in [-0.25, -0.2) is 0 Å². The third-order valence-electron chi connectivity index (χ3n) is 5.53. The molecule has 0 amide bonds. The molecule has 3 saturated heterocycles. The fourth-order valence-electron chi connectivity index (χ4n) is 3.71. The van der Waals surface area contributed by atoms with Crippen LogP contribution in [0.25, 0.3) is 0 Å². The van der Waals surface area contributed by atoms with E-state index < -0.39 is 86.6 Å². The van der Waals surface area contributed by atoms with Crippen LogP contribution >= 0.6 is 0 Å². The smallest absolute Gasteiger partial charge is 0.323 e. The van der Waals surface area contributed by atoms with Gasteiger partial charge in [0, 0.05) is 0 Å². The van der Waals surface area contributed by atoms with E-state index in [1.165, 1.54) is 0 Å². The molecule has 3 heterocycles. The van der Waals surface area contributed by atoms with Crippen LogP contribution < -0.4 is 5.32 Å². The second-order valence-electron chi connectivity index (χ2n) is 7.62. The molecule has 0 spiro atoms. The molecular weight excluding hydrogens is 410 g/mol. The summed E-state index contributed by atoms with van der Waals surface area (Å²) < 4.78 is 21.0. The minimum atomic E-state index is -1.77. The first kappa shape index (κ1) is 23.7. The lowest BCUT2D eigenvalue weighted by atomic mass is 9.97. The number of esters is 1. The molecule has 30 heavy (non-hydrogen) atoms. The van der Waals surface area contributed by atoms with Gasteiger partial charge < -0.3 is 60.0 Å². The average molecular weight is 439 g/mol. The first-order valence-electron chi connectivity index (χ1n) is 9.80. The van der Waals surface area contributed by atoms with Gasteiger partial charge in [-0.3, -0.25) is 4.79 Å². The zero-order valence-electron chi connectivity index (χ0n) is 16.1. The highest BCUT2D eigenvalue weighted by Gasteiger charge is 2.50. The topological polar surface area (TPSA) is 208 Å². The zero-order chi connectivity index (χ0) is 22.0. The van der Waals surface area contributed by atoms with Crippen LogP contribution in [0.3, 0.4) is 0 Å². The Labute approximate surface area is 171 Å². The van der Waals surface area contributed by atoms with Crippen molar-refractivity contribution in [3.05, 3.63) is 0 Å². The minimum Gasteiger partial charge on any atom is -0.462 e. The van der Waals surface area contributed by atoms with E-state index in [0.717, 1.165) is 6.42 Å². The van der Waals surface area contributed by atoms with Gasteiger partial charge in [0.15, 0.2) is 12.6 Å². The summed E-state index contributed by atoms with van der Waals surface area (Å²) >= 11 is 0. The van der Waals surface area contributed by atoms with Gasteiger partial charge in [0.25, 0.3) is 0 Å². The number of ether oxygens (including phenoxy) is 4. The number of aliphatic hydroxyl groups excluding tert-OH is 7. The molecular formula is C17H29NO12. The Hall–Kier alpha value is -0.970. The Morgan fingerprint density at radius 2 is 1.67 bits per heavy atom. The van der Waals surface area contributed by atoms with Gasteiger partial charge in [0.1, 0.15) is 61.5 Å². The van der Waals surface area contributed by atoms with E-state index >= 15 is 0 Å². The van der Waals surface area contributed by atoms with Crippen molar-refractivity contribution in [2.45, 2.75) is 80.3 Å². The van der Waals surface area contributed by atoms with Crippen LogP contribution in [-0.4, -0.2) is 129 Å². The SMILES string of the molecule is O=C(OC[C@H]1O[C@@H](O[C@@H]2[C@H](O)[C@@H](O)C(O)O[C@@H]2CO)[C@H](O)[C@@H](O)[C@H]1O)[C@@H]1CCCN1. The first-order chi connectivity index (χ1) is 14.2. The lowest BCUT2D eigenvalue weighted by Gasteiger charge is -2.45. The van der Waals surface area contributed by atoms with Crippen molar-refractivity contribution in [3.63, 3.8) is 0 Å². The maximum absolute atomic E-state index is 12.0. The standard InChI is InChI=1S/C17H29NO12/c19-4-7-14(11(22)12(23)16(26)28-7)30-17-13(24)10(21)9(20)8(29-17)5-27-15(25)6-2-1-3-18-6/h6-14,16-24,26H,1-5H2/t6-,7+,8+,9-,10-,11+,12+,13+,14-,16?,17-/m0/s1. The van der Waals surface area contributed by atoms with Crippen molar-refractivity contribution in [2.75, 3.05) is 19.8 Å². The summed E-state index contributed by atoms with van der Waals surface area (Å²) in [7, 11) is 0. The molecule has 1 unspecified atom stereocenters. The maximum atomic E-state index is 12.0. The first-order valence-corrected chi connectivity index (χ1v) is 9.80. The summed E-state index contributed by atoms with van der Waals surface area (Å²) in [6.45, 7) is -0.452. The van der Waals surface area contributed by atoms with E-state index in [1.807, 2.05) is 0 Å². The highest BCUT2D eigenvalue weighted by Crippen LogP contribution is 2.28. The van der Waals surface area contributed by atoms with Gasteiger partial charge in [-0.2, -0.15) is 0 Å². The molecule has 3 fully saturated rings. The Kier molecular flexibility index (Phi) is 7.97. The van der Waals surface area contributed by atoms with E-state index in [4.69, 9.17) is 18.9 Å². The van der Waals surface area contributed by atoms with Crippen LogP contribution in [0.15, 0.2) is 0 Å². The molecule has 0 aromatic rings. The summed E-state index contributed by atoms with van der Waals surface area (Å²) in [4.78, 5) is 12.0. The molecule has 0 aromatic carbocycles. The molecule has 13 nitrogen and oxygen atoms in total. The Bertz CT molecular complexity index is 573. The molecule has 3 aliphatic rings. The van der Waals surface area contributed by atoms with Gasteiger partial charge in [0.05, 0.1) is 6.61 Å². The van der Waals surface area contributed by atoms with Crippen molar-refractivity contribution >= 4 is 5.97 Å². The predicted molar refractivity (Wildman–Crippen MR) is 93.5 cm³/mol. The van der Waals surface area contributed by atoms with Crippen molar-refractivity contribution in [1.82, 2.24) is 5.32 Å². The Balaban J connectivity index is 1.64. The number of carbonyl (C=O) groups excluding carboxylic acids is 1.